The maximum Gasteiger partial charge on any atom is 0.255 e. The van der Waals surface area contributed by atoms with Crippen LogP contribution in [0.3, 0.4) is 0 Å². The molecular formula is C24H25BrN4O3S. The van der Waals surface area contributed by atoms with Crippen LogP contribution in [0.2, 0.25) is 0 Å². The first-order valence-corrected chi connectivity index (χ1v) is 12.2. The molecule has 0 aliphatic carbocycles. The Morgan fingerprint density at radius 1 is 1.03 bits per heavy atom. The van der Waals surface area contributed by atoms with E-state index in [2.05, 4.69) is 38.1 Å². The Bertz CT molecular complexity index is 1180. The molecule has 0 radical (unpaired) electrons. The van der Waals surface area contributed by atoms with Crippen molar-refractivity contribution in [3.05, 3.63) is 68.3 Å². The van der Waals surface area contributed by atoms with E-state index in [-0.39, 0.29) is 28.5 Å². The van der Waals surface area contributed by atoms with E-state index in [4.69, 9.17) is 5.73 Å². The van der Waals surface area contributed by atoms with Crippen LogP contribution in [-0.2, 0) is 0 Å². The molecule has 1 aliphatic rings. The van der Waals surface area contributed by atoms with Crippen LogP contribution in [0, 0.1) is 0 Å². The molecule has 2 heterocycles. The van der Waals surface area contributed by atoms with Crippen molar-refractivity contribution in [1.29, 1.82) is 0 Å². The summed E-state index contributed by atoms with van der Waals surface area (Å²) in [5.41, 5.74) is 7.79. The SMILES string of the molecule is CN1CCCN(c2ccc(C(=O)Nc3c(N)ccc(C(=O)c4ccc(Br)s4)c3O)cc2)CC1. The second-order valence-electron chi connectivity index (χ2n) is 8.00. The van der Waals surface area contributed by atoms with Crippen molar-refractivity contribution in [3.8, 4) is 5.75 Å². The van der Waals surface area contributed by atoms with E-state index in [1.165, 1.54) is 23.5 Å². The van der Waals surface area contributed by atoms with Gasteiger partial charge in [-0.3, -0.25) is 9.59 Å². The number of nitrogen functional groups attached to an aromatic ring is 1. The van der Waals surface area contributed by atoms with Gasteiger partial charge in [-0.1, -0.05) is 0 Å². The fourth-order valence-electron chi connectivity index (χ4n) is 3.80. The van der Waals surface area contributed by atoms with Gasteiger partial charge in [-0.2, -0.15) is 0 Å². The normalized spacial score (nSPS) is 14.7. The maximum atomic E-state index is 12.9. The van der Waals surface area contributed by atoms with Crippen LogP contribution < -0.4 is 16.0 Å². The molecule has 1 saturated heterocycles. The summed E-state index contributed by atoms with van der Waals surface area (Å²) in [6.07, 6.45) is 1.09. The largest absolute Gasteiger partial charge is 0.505 e. The summed E-state index contributed by atoms with van der Waals surface area (Å²) in [7, 11) is 2.12. The molecule has 2 aromatic carbocycles. The number of halogens is 1. The Morgan fingerprint density at radius 2 is 1.79 bits per heavy atom. The number of anilines is 3. The van der Waals surface area contributed by atoms with Gasteiger partial charge in [0.1, 0.15) is 5.69 Å². The number of thiophene rings is 1. The number of benzene rings is 2. The van der Waals surface area contributed by atoms with Crippen LogP contribution in [0.15, 0.2) is 52.3 Å². The average molecular weight is 529 g/mol. The van der Waals surface area contributed by atoms with Gasteiger partial charge in [-0.15, -0.1) is 11.3 Å². The lowest BCUT2D eigenvalue weighted by Gasteiger charge is -2.23. The number of hydrogen-bond acceptors (Lipinski definition) is 7. The van der Waals surface area contributed by atoms with Crippen LogP contribution in [0.25, 0.3) is 0 Å². The van der Waals surface area contributed by atoms with Crippen molar-refractivity contribution in [3.63, 3.8) is 0 Å². The minimum Gasteiger partial charge on any atom is -0.505 e. The van der Waals surface area contributed by atoms with Crippen molar-refractivity contribution in [2.24, 2.45) is 0 Å². The van der Waals surface area contributed by atoms with Crippen LogP contribution in [0.5, 0.6) is 5.75 Å². The Labute approximate surface area is 204 Å². The number of phenols is 1. The number of rotatable bonds is 5. The van der Waals surface area contributed by atoms with Crippen LogP contribution in [0.1, 0.15) is 32.0 Å². The lowest BCUT2D eigenvalue weighted by Crippen LogP contribution is -2.28. The van der Waals surface area contributed by atoms with E-state index in [9.17, 15) is 14.7 Å². The van der Waals surface area contributed by atoms with Crippen molar-refractivity contribution in [2.75, 3.05) is 49.2 Å². The van der Waals surface area contributed by atoms with Crippen molar-refractivity contribution >= 4 is 56.0 Å². The zero-order valence-corrected chi connectivity index (χ0v) is 20.6. The first kappa shape index (κ1) is 23.3. The molecule has 1 amide bonds. The Hall–Kier alpha value is -2.88. The zero-order chi connectivity index (χ0) is 23.5. The van der Waals surface area contributed by atoms with E-state index in [1.807, 2.05) is 12.1 Å². The molecule has 4 N–H and O–H groups in total. The summed E-state index contributed by atoms with van der Waals surface area (Å²) in [5, 5.41) is 13.4. The maximum absolute atomic E-state index is 12.9. The molecule has 33 heavy (non-hydrogen) atoms. The predicted molar refractivity (Wildman–Crippen MR) is 137 cm³/mol. The summed E-state index contributed by atoms with van der Waals surface area (Å²) < 4.78 is 0.810. The van der Waals surface area contributed by atoms with Gasteiger partial charge in [0.2, 0.25) is 5.78 Å². The third-order valence-electron chi connectivity index (χ3n) is 5.70. The van der Waals surface area contributed by atoms with Gasteiger partial charge in [0.25, 0.3) is 5.91 Å². The molecule has 7 nitrogen and oxygen atoms in total. The van der Waals surface area contributed by atoms with E-state index in [1.54, 1.807) is 24.3 Å². The van der Waals surface area contributed by atoms with Gasteiger partial charge < -0.3 is 26.0 Å². The minimum atomic E-state index is -0.414. The zero-order valence-electron chi connectivity index (χ0n) is 18.2. The number of ketones is 1. The van der Waals surface area contributed by atoms with Gasteiger partial charge in [-0.05, 0) is 84.5 Å². The molecule has 0 spiro atoms. The Balaban J connectivity index is 1.52. The first-order chi connectivity index (χ1) is 15.8. The lowest BCUT2D eigenvalue weighted by molar-refractivity contribution is 0.102. The highest BCUT2D eigenvalue weighted by atomic mass is 79.9. The monoisotopic (exact) mass is 528 g/mol. The van der Waals surface area contributed by atoms with Gasteiger partial charge in [0, 0.05) is 30.9 Å². The highest BCUT2D eigenvalue weighted by Gasteiger charge is 2.21. The highest BCUT2D eigenvalue weighted by Crippen LogP contribution is 2.36. The molecule has 1 aromatic heterocycles. The van der Waals surface area contributed by atoms with Crippen LogP contribution in [0.4, 0.5) is 17.1 Å². The number of carbonyl (C=O) groups is 2. The molecule has 1 aliphatic heterocycles. The minimum absolute atomic E-state index is 0.0288. The third kappa shape index (κ3) is 5.21. The van der Waals surface area contributed by atoms with Gasteiger partial charge >= 0.3 is 0 Å². The molecular weight excluding hydrogens is 504 g/mol. The molecule has 4 rings (SSSR count). The summed E-state index contributed by atoms with van der Waals surface area (Å²) in [4.78, 5) is 30.8. The summed E-state index contributed by atoms with van der Waals surface area (Å²) in [6.45, 7) is 3.99. The van der Waals surface area contributed by atoms with Crippen LogP contribution >= 0.6 is 27.3 Å². The topological polar surface area (TPSA) is 98.9 Å². The number of likely N-dealkylation sites (N-methyl/N-ethyl adjacent to an activating group) is 1. The van der Waals surface area contributed by atoms with E-state index in [0.717, 1.165) is 42.1 Å². The van der Waals surface area contributed by atoms with Gasteiger partial charge in [0.05, 0.1) is 19.9 Å². The molecule has 0 atom stereocenters. The lowest BCUT2D eigenvalue weighted by atomic mass is 10.1. The molecule has 3 aromatic rings. The fourth-order valence-corrected chi connectivity index (χ4v) is 5.14. The van der Waals surface area contributed by atoms with Gasteiger partial charge in [0.15, 0.2) is 5.75 Å². The molecule has 9 heteroatoms. The highest BCUT2D eigenvalue weighted by molar-refractivity contribution is 9.11. The summed E-state index contributed by atoms with van der Waals surface area (Å²) in [5.74, 6) is -1.10. The molecule has 1 fully saturated rings. The predicted octanol–water partition coefficient (Wildman–Crippen LogP) is 4.42. The number of aromatic hydroxyl groups is 1. The van der Waals surface area contributed by atoms with E-state index < -0.39 is 5.91 Å². The molecule has 0 saturated carbocycles. The molecule has 0 unspecified atom stereocenters. The number of nitrogens with zero attached hydrogens (tertiary/aromatic N) is 2. The van der Waals surface area contributed by atoms with E-state index >= 15 is 0 Å². The fraction of sp³-hybridized carbons (Fsp3) is 0.250. The summed E-state index contributed by atoms with van der Waals surface area (Å²) >= 11 is 4.60. The second-order valence-corrected chi connectivity index (χ2v) is 10.5. The van der Waals surface area contributed by atoms with Crippen molar-refractivity contribution in [1.82, 2.24) is 4.90 Å². The number of hydrogen-bond donors (Lipinski definition) is 3. The standard InChI is InChI=1S/C24H25BrN4O3S/c1-28-11-2-12-29(14-13-28)16-5-3-15(4-6-16)24(32)27-21-18(26)8-7-17(23(21)31)22(30)19-9-10-20(25)33-19/h3-10,31H,2,11-14,26H2,1H3,(H,27,32). The molecule has 0 bridgehead atoms. The van der Waals surface area contributed by atoms with Crippen molar-refractivity contribution in [2.45, 2.75) is 6.42 Å². The Kier molecular flexibility index (Phi) is 7.02. The number of carbonyl (C=O) groups excluding carboxylic acids is 2. The quantitative estimate of drug-likeness (QED) is 0.257. The second kappa shape index (κ2) is 9.94. The number of phenolic OH excluding ortho intramolecular Hbond substituents is 1. The average Bonchev–Trinajstić information content (AvgIpc) is 3.12. The van der Waals surface area contributed by atoms with Gasteiger partial charge in [-0.25, -0.2) is 0 Å². The summed E-state index contributed by atoms with van der Waals surface area (Å²) in [6, 6.07) is 13.8. The van der Waals surface area contributed by atoms with Crippen molar-refractivity contribution < 1.29 is 14.7 Å². The number of amides is 1. The van der Waals surface area contributed by atoms with E-state index in [0.29, 0.717) is 10.4 Å². The van der Waals surface area contributed by atoms with Crippen LogP contribution in [-0.4, -0.2) is 54.9 Å². The first-order valence-electron chi connectivity index (χ1n) is 10.6. The number of nitrogens with two attached hydrogens (primary N) is 1. The molecule has 172 valence electrons. The number of nitrogens with one attached hydrogen (secondary N) is 1. The Morgan fingerprint density at radius 3 is 2.48 bits per heavy atom. The smallest absolute Gasteiger partial charge is 0.255 e. The third-order valence-corrected chi connectivity index (χ3v) is 7.33.